The van der Waals surface area contributed by atoms with E-state index in [-0.39, 0.29) is 22.0 Å². The lowest BCUT2D eigenvalue weighted by Gasteiger charge is -2.04. The number of nitrogens with one attached hydrogen (secondary N) is 1. The molecule has 0 fully saturated rings. The Kier molecular flexibility index (Phi) is 4.88. The first-order valence-corrected chi connectivity index (χ1v) is 7.17. The number of hydrogen-bond acceptors (Lipinski definition) is 5. The van der Waals surface area contributed by atoms with Crippen molar-refractivity contribution in [2.45, 2.75) is 0 Å². The highest BCUT2D eigenvalue weighted by atomic mass is 35.5. The van der Waals surface area contributed by atoms with Crippen molar-refractivity contribution < 1.29 is 9.72 Å². The molecule has 0 aliphatic rings. The quantitative estimate of drug-likeness (QED) is 0.397. The Morgan fingerprint density at radius 1 is 1.45 bits per heavy atom. The van der Waals surface area contributed by atoms with Crippen LogP contribution in [0.2, 0.25) is 5.02 Å². The topological polar surface area (TPSA) is 96.0 Å². The Hall–Kier alpha value is -2.69. The number of benzene rings is 1. The zero-order valence-corrected chi connectivity index (χ0v) is 12.5. The van der Waals surface area contributed by atoms with E-state index in [1.54, 1.807) is 18.2 Å². The van der Waals surface area contributed by atoms with Crippen LogP contribution in [0.5, 0.6) is 0 Å². The number of thiophene rings is 1. The van der Waals surface area contributed by atoms with Crippen molar-refractivity contribution in [2.24, 2.45) is 0 Å². The Balaban J connectivity index is 2.23. The molecule has 22 heavy (non-hydrogen) atoms. The summed E-state index contributed by atoms with van der Waals surface area (Å²) in [5.74, 6) is -0.646. The van der Waals surface area contributed by atoms with Gasteiger partial charge in [0.05, 0.1) is 4.92 Å². The molecule has 8 heteroatoms. The predicted octanol–water partition coefficient (Wildman–Crippen LogP) is 3.86. The SMILES string of the molecule is N#C/C(=C\c1cccs1)C(=O)Nc1ccc(Cl)c([N+](=O)[O-])c1. The molecule has 110 valence electrons. The lowest BCUT2D eigenvalue weighted by molar-refractivity contribution is -0.384. The predicted molar refractivity (Wildman–Crippen MR) is 84.6 cm³/mol. The van der Waals surface area contributed by atoms with Gasteiger partial charge >= 0.3 is 0 Å². The third kappa shape index (κ3) is 3.69. The summed E-state index contributed by atoms with van der Waals surface area (Å²) in [5.41, 5.74) is -0.228. The molecule has 0 aliphatic carbocycles. The summed E-state index contributed by atoms with van der Waals surface area (Å²) < 4.78 is 0. The monoisotopic (exact) mass is 333 g/mol. The highest BCUT2D eigenvalue weighted by Gasteiger charge is 2.15. The Labute approximate surface area is 134 Å². The zero-order valence-electron chi connectivity index (χ0n) is 10.9. The summed E-state index contributed by atoms with van der Waals surface area (Å²) in [4.78, 5) is 23.0. The number of nitriles is 1. The maximum absolute atomic E-state index is 12.0. The third-order valence-corrected chi connectivity index (χ3v) is 3.73. The van der Waals surface area contributed by atoms with E-state index in [9.17, 15) is 14.9 Å². The average Bonchev–Trinajstić information content (AvgIpc) is 2.99. The van der Waals surface area contributed by atoms with Gasteiger partial charge in [-0.25, -0.2) is 0 Å². The van der Waals surface area contributed by atoms with Crippen LogP contribution >= 0.6 is 22.9 Å². The molecule has 0 bridgehead atoms. The van der Waals surface area contributed by atoms with Crippen molar-refractivity contribution >= 4 is 46.3 Å². The highest BCUT2D eigenvalue weighted by molar-refractivity contribution is 7.10. The number of nitro groups is 1. The van der Waals surface area contributed by atoms with Crippen molar-refractivity contribution in [1.82, 2.24) is 0 Å². The molecule has 0 saturated carbocycles. The van der Waals surface area contributed by atoms with Crippen molar-refractivity contribution in [2.75, 3.05) is 5.32 Å². The van der Waals surface area contributed by atoms with Crippen LogP contribution < -0.4 is 5.32 Å². The molecule has 2 rings (SSSR count). The highest BCUT2D eigenvalue weighted by Crippen LogP contribution is 2.27. The second kappa shape index (κ2) is 6.85. The molecular weight excluding hydrogens is 326 g/mol. The van der Waals surface area contributed by atoms with Crippen LogP contribution in [-0.2, 0) is 4.79 Å². The summed E-state index contributed by atoms with van der Waals surface area (Å²) in [5, 5.41) is 24.1. The number of rotatable bonds is 4. The van der Waals surface area contributed by atoms with Gasteiger partial charge in [0.25, 0.3) is 11.6 Å². The Bertz CT molecular complexity index is 794. The van der Waals surface area contributed by atoms with Gasteiger partial charge in [0.1, 0.15) is 16.7 Å². The molecule has 0 radical (unpaired) electrons. The van der Waals surface area contributed by atoms with E-state index in [1.165, 1.54) is 29.5 Å². The fraction of sp³-hybridized carbons (Fsp3) is 0. The normalized spacial score (nSPS) is 10.8. The number of carbonyl (C=O) groups is 1. The number of nitrogens with zero attached hydrogens (tertiary/aromatic N) is 2. The van der Waals surface area contributed by atoms with Crippen LogP contribution in [-0.4, -0.2) is 10.8 Å². The van der Waals surface area contributed by atoms with Gasteiger partial charge in [0, 0.05) is 16.6 Å². The van der Waals surface area contributed by atoms with Gasteiger partial charge in [0.15, 0.2) is 0 Å². The van der Waals surface area contributed by atoms with E-state index < -0.39 is 10.8 Å². The van der Waals surface area contributed by atoms with Crippen molar-refractivity contribution in [3.8, 4) is 6.07 Å². The van der Waals surface area contributed by atoms with Gasteiger partial charge in [0.2, 0.25) is 0 Å². The van der Waals surface area contributed by atoms with Gasteiger partial charge in [-0.15, -0.1) is 11.3 Å². The lowest BCUT2D eigenvalue weighted by atomic mass is 10.2. The van der Waals surface area contributed by atoms with E-state index in [0.717, 1.165) is 10.9 Å². The molecule has 6 nitrogen and oxygen atoms in total. The van der Waals surface area contributed by atoms with Crippen LogP contribution in [0.25, 0.3) is 6.08 Å². The second-order valence-electron chi connectivity index (χ2n) is 4.06. The minimum atomic E-state index is -0.648. The molecule has 0 aliphatic heterocycles. The summed E-state index contributed by atoms with van der Waals surface area (Å²) in [7, 11) is 0. The molecule has 1 aromatic carbocycles. The summed E-state index contributed by atoms with van der Waals surface area (Å²) in [6.07, 6.45) is 1.45. The third-order valence-electron chi connectivity index (χ3n) is 2.60. The van der Waals surface area contributed by atoms with Crippen LogP contribution in [0, 0.1) is 21.4 Å². The minimum absolute atomic E-state index is 0.0300. The van der Waals surface area contributed by atoms with Crippen LogP contribution in [0.4, 0.5) is 11.4 Å². The lowest BCUT2D eigenvalue weighted by Crippen LogP contribution is -2.13. The van der Waals surface area contributed by atoms with E-state index in [1.807, 2.05) is 5.38 Å². The number of hydrogen-bond donors (Lipinski definition) is 1. The second-order valence-corrected chi connectivity index (χ2v) is 5.45. The Morgan fingerprint density at radius 3 is 2.82 bits per heavy atom. The number of anilines is 1. The summed E-state index contributed by atoms with van der Waals surface area (Å²) in [6.45, 7) is 0. The fourth-order valence-corrected chi connectivity index (χ4v) is 2.44. The van der Waals surface area contributed by atoms with Crippen molar-refractivity contribution in [1.29, 1.82) is 5.26 Å². The first kappa shape index (κ1) is 15.7. The molecule has 0 atom stereocenters. The first-order chi connectivity index (χ1) is 10.5. The average molecular weight is 334 g/mol. The van der Waals surface area contributed by atoms with E-state index >= 15 is 0 Å². The molecule has 1 N–H and O–H groups in total. The molecule has 2 aromatic rings. The van der Waals surface area contributed by atoms with Crippen LogP contribution in [0.3, 0.4) is 0 Å². The first-order valence-electron chi connectivity index (χ1n) is 5.92. The summed E-state index contributed by atoms with van der Waals surface area (Å²) in [6, 6.07) is 9.24. The number of carbonyl (C=O) groups excluding carboxylic acids is 1. The van der Waals surface area contributed by atoms with E-state index in [0.29, 0.717) is 0 Å². The van der Waals surface area contributed by atoms with E-state index in [4.69, 9.17) is 16.9 Å². The summed E-state index contributed by atoms with van der Waals surface area (Å²) >= 11 is 7.08. The van der Waals surface area contributed by atoms with Gasteiger partial charge in [-0.3, -0.25) is 14.9 Å². The fourth-order valence-electron chi connectivity index (χ4n) is 1.59. The molecule has 1 aromatic heterocycles. The zero-order chi connectivity index (χ0) is 16.1. The van der Waals surface area contributed by atoms with Gasteiger partial charge in [-0.2, -0.15) is 5.26 Å². The number of amides is 1. The molecule has 1 heterocycles. The molecular formula is C14H8ClN3O3S. The maximum atomic E-state index is 12.0. The standard InChI is InChI=1S/C14H8ClN3O3S/c15-12-4-3-10(7-13(12)18(20)21)17-14(19)9(8-16)6-11-2-1-5-22-11/h1-7H,(H,17,19)/b9-6+. The molecule has 1 amide bonds. The number of halogens is 1. The van der Waals surface area contributed by atoms with Crippen molar-refractivity contribution in [3.05, 3.63) is 61.3 Å². The van der Waals surface area contributed by atoms with E-state index in [2.05, 4.69) is 5.32 Å². The van der Waals surface area contributed by atoms with Gasteiger partial charge < -0.3 is 5.32 Å². The largest absolute Gasteiger partial charge is 0.321 e. The van der Waals surface area contributed by atoms with Crippen molar-refractivity contribution in [3.63, 3.8) is 0 Å². The van der Waals surface area contributed by atoms with Crippen LogP contribution in [0.15, 0.2) is 41.3 Å². The van der Waals surface area contributed by atoms with Crippen LogP contribution in [0.1, 0.15) is 4.88 Å². The van der Waals surface area contributed by atoms with Gasteiger partial charge in [-0.1, -0.05) is 17.7 Å². The molecule has 0 unspecified atom stereocenters. The molecule has 0 spiro atoms. The van der Waals surface area contributed by atoms with Gasteiger partial charge in [-0.05, 0) is 29.7 Å². The molecule has 0 saturated heterocycles. The number of nitro benzene ring substituents is 1. The smallest absolute Gasteiger partial charge is 0.289 e. The maximum Gasteiger partial charge on any atom is 0.289 e. The minimum Gasteiger partial charge on any atom is -0.321 e. The Morgan fingerprint density at radius 2 is 2.23 bits per heavy atom.